The molecule has 0 spiro atoms. The maximum atomic E-state index is 10.1. The molecule has 4 rings (SSSR count). The standard InChI is InChI=1S/C25H23N5O2S/c1-27-23-22(19-6-8-20(9-7-19)32-14-13-31-2)21(15-26)25(29-24(23)30-11-4-12-30)33-17-18-5-3-10-28-16-18/h3,5-10,16H,4,11-14,17H2,2H3. The second-order valence-electron chi connectivity index (χ2n) is 7.42. The summed E-state index contributed by atoms with van der Waals surface area (Å²) in [6.45, 7) is 10.6. The van der Waals surface area contributed by atoms with E-state index in [0.29, 0.717) is 52.4 Å². The van der Waals surface area contributed by atoms with E-state index in [0.717, 1.165) is 30.6 Å². The van der Waals surface area contributed by atoms with Gasteiger partial charge in [-0.3, -0.25) is 4.98 Å². The van der Waals surface area contributed by atoms with Gasteiger partial charge < -0.3 is 14.4 Å². The van der Waals surface area contributed by atoms with Crippen LogP contribution in [0.25, 0.3) is 16.0 Å². The summed E-state index contributed by atoms with van der Waals surface area (Å²) in [4.78, 5) is 14.9. The van der Waals surface area contributed by atoms with E-state index in [1.54, 1.807) is 13.3 Å². The Morgan fingerprint density at radius 1 is 1.21 bits per heavy atom. The van der Waals surface area contributed by atoms with Gasteiger partial charge in [0.05, 0.1) is 18.7 Å². The highest BCUT2D eigenvalue weighted by atomic mass is 32.2. The van der Waals surface area contributed by atoms with Gasteiger partial charge in [-0.1, -0.05) is 18.2 Å². The Balaban J connectivity index is 1.75. The van der Waals surface area contributed by atoms with Crippen LogP contribution in [0.5, 0.6) is 5.75 Å². The number of aromatic nitrogens is 2. The molecule has 7 nitrogen and oxygen atoms in total. The summed E-state index contributed by atoms with van der Waals surface area (Å²) in [5, 5.41) is 10.7. The molecule has 8 heteroatoms. The lowest BCUT2D eigenvalue weighted by Gasteiger charge is -2.34. The first-order chi connectivity index (χ1) is 16.2. The minimum absolute atomic E-state index is 0.421. The quantitative estimate of drug-likeness (QED) is 0.252. The molecule has 0 saturated carbocycles. The van der Waals surface area contributed by atoms with Gasteiger partial charge in [-0.15, -0.1) is 11.8 Å². The van der Waals surface area contributed by atoms with Crippen molar-refractivity contribution in [2.45, 2.75) is 17.2 Å². The Labute approximate surface area is 197 Å². The van der Waals surface area contributed by atoms with Crippen molar-refractivity contribution in [3.8, 4) is 22.9 Å². The molecule has 0 amide bonds. The van der Waals surface area contributed by atoms with Crippen molar-refractivity contribution < 1.29 is 9.47 Å². The molecule has 33 heavy (non-hydrogen) atoms. The van der Waals surface area contributed by atoms with Gasteiger partial charge in [0, 0.05) is 43.9 Å². The molecule has 0 radical (unpaired) electrons. The molecule has 0 aliphatic carbocycles. The predicted molar refractivity (Wildman–Crippen MR) is 129 cm³/mol. The molecule has 166 valence electrons. The highest BCUT2D eigenvalue weighted by Gasteiger charge is 2.27. The van der Waals surface area contributed by atoms with Crippen LogP contribution in [-0.4, -0.2) is 43.4 Å². The molecule has 3 aromatic rings. The number of hydrogen-bond acceptors (Lipinski definition) is 7. The third kappa shape index (κ3) is 5.09. The average molecular weight is 458 g/mol. The van der Waals surface area contributed by atoms with Crippen molar-refractivity contribution in [3.05, 3.63) is 71.3 Å². The van der Waals surface area contributed by atoms with Crippen molar-refractivity contribution >= 4 is 23.3 Å². The van der Waals surface area contributed by atoms with Crippen LogP contribution in [0.4, 0.5) is 11.5 Å². The number of ether oxygens (including phenoxy) is 2. The molecule has 1 fully saturated rings. The molecular formula is C25H23N5O2S. The van der Waals surface area contributed by atoms with Gasteiger partial charge in [-0.2, -0.15) is 5.26 Å². The molecule has 1 aliphatic heterocycles. The van der Waals surface area contributed by atoms with E-state index in [1.807, 2.05) is 42.6 Å². The van der Waals surface area contributed by atoms with E-state index < -0.39 is 0 Å². The van der Waals surface area contributed by atoms with Gasteiger partial charge in [0.25, 0.3) is 0 Å². The monoisotopic (exact) mass is 457 g/mol. The fraction of sp³-hybridized carbons (Fsp3) is 0.280. The topological polar surface area (TPSA) is 75.6 Å². The fourth-order valence-electron chi connectivity index (χ4n) is 3.48. The highest BCUT2D eigenvalue weighted by molar-refractivity contribution is 7.98. The summed E-state index contributed by atoms with van der Waals surface area (Å²) < 4.78 is 10.7. The number of rotatable bonds is 9. The van der Waals surface area contributed by atoms with Crippen LogP contribution in [0.1, 0.15) is 17.5 Å². The van der Waals surface area contributed by atoms with Crippen LogP contribution in [-0.2, 0) is 10.5 Å². The van der Waals surface area contributed by atoms with Crippen LogP contribution in [0.2, 0.25) is 0 Å². The van der Waals surface area contributed by atoms with Gasteiger partial charge in [0.15, 0.2) is 0 Å². The van der Waals surface area contributed by atoms with Crippen LogP contribution >= 0.6 is 11.8 Å². The minimum atomic E-state index is 0.421. The van der Waals surface area contributed by atoms with E-state index in [1.165, 1.54) is 11.8 Å². The number of methoxy groups -OCH3 is 1. The number of pyridine rings is 2. The van der Waals surface area contributed by atoms with E-state index in [2.05, 4.69) is 20.8 Å². The van der Waals surface area contributed by atoms with Gasteiger partial charge in [0.1, 0.15) is 29.3 Å². The maximum absolute atomic E-state index is 10.1. The van der Waals surface area contributed by atoms with Gasteiger partial charge in [-0.25, -0.2) is 9.83 Å². The SMILES string of the molecule is [C-]#[N+]c1c(N2CCC2)nc(SCc2cccnc2)c(C#N)c1-c1ccc(OCCOC)cc1. The van der Waals surface area contributed by atoms with Crippen LogP contribution in [0.15, 0.2) is 53.8 Å². The molecule has 0 bridgehead atoms. The summed E-state index contributed by atoms with van der Waals surface area (Å²) in [5.41, 5.74) is 3.31. The normalized spacial score (nSPS) is 12.5. The Hall–Kier alpha value is -3.59. The van der Waals surface area contributed by atoms with Crippen LogP contribution in [0, 0.1) is 17.9 Å². The zero-order chi connectivity index (χ0) is 23.0. The lowest BCUT2D eigenvalue weighted by molar-refractivity contribution is 0.146. The minimum Gasteiger partial charge on any atom is -0.491 e. The van der Waals surface area contributed by atoms with E-state index in [4.69, 9.17) is 21.0 Å². The highest BCUT2D eigenvalue weighted by Crippen LogP contribution is 2.45. The maximum Gasteiger partial charge on any atom is 0.237 e. The molecule has 3 heterocycles. The number of hydrogen-bond donors (Lipinski definition) is 0. The molecule has 1 saturated heterocycles. The number of nitriles is 1. The van der Waals surface area contributed by atoms with Gasteiger partial charge in [0.2, 0.25) is 5.69 Å². The summed E-state index contributed by atoms with van der Waals surface area (Å²) in [7, 11) is 1.63. The fourth-order valence-corrected chi connectivity index (χ4v) is 4.40. The van der Waals surface area contributed by atoms with Gasteiger partial charge in [-0.05, 0) is 35.7 Å². The zero-order valence-electron chi connectivity index (χ0n) is 18.3. The van der Waals surface area contributed by atoms with Crippen molar-refractivity contribution in [2.75, 3.05) is 38.3 Å². The molecule has 0 unspecified atom stereocenters. The predicted octanol–water partition coefficient (Wildman–Crippen LogP) is 5.09. The second kappa shape index (κ2) is 10.8. The van der Waals surface area contributed by atoms with Crippen LogP contribution in [0.3, 0.4) is 0 Å². The molecular weight excluding hydrogens is 434 g/mol. The first kappa shape index (κ1) is 22.6. The van der Waals surface area contributed by atoms with Crippen molar-refractivity contribution in [1.82, 2.24) is 9.97 Å². The zero-order valence-corrected chi connectivity index (χ0v) is 19.1. The van der Waals surface area contributed by atoms with Crippen molar-refractivity contribution in [3.63, 3.8) is 0 Å². The number of benzene rings is 1. The van der Waals surface area contributed by atoms with E-state index in [9.17, 15) is 5.26 Å². The second-order valence-corrected chi connectivity index (χ2v) is 8.38. The molecule has 0 N–H and O–H groups in total. The Kier molecular flexibility index (Phi) is 7.41. The summed E-state index contributed by atoms with van der Waals surface area (Å²) in [5.74, 6) is 2.00. The van der Waals surface area contributed by atoms with Crippen LogP contribution < -0.4 is 9.64 Å². The average Bonchev–Trinajstić information content (AvgIpc) is 2.82. The summed E-state index contributed by atoms with van der Waals surface area (Å²) in [6.07, 6.45) is 4.62. The first-order valence-corrected chi connectivity index (χ1v) is 11.6. The first-order valence-electron chi connectivity index (χ1n) is 10.6. The largest absolute Gasteiger partial charge is 0.491 e. The number of thioether (sulfide) groups is 1. The molecule has 0 atom stereocenters. The molecule has 1 aliphatic rings. The Morgan fingerprint density at radius 2 is 2.03 bits per heavy atom. The third-order valence-electron chi connectivity index (χ3n) is 5.30. The molecule has 1 aromatic carbocycles. The lowest BCUT2D eigenvalue weighted by Crippen LogP contribution is -2.37. The Morgan fingerprint density at radius 3 is 2.64 bits per heavy atom. The summed E-state index contributed by atoms with van der Waals surface area (Å²) >= 11 is 1.49. The van der Waals surface area contributed by atoms with E-state index in [-0.39, 0.29) is 0 Å². The number of nitrogens with zero attached hydrogens (tertiary/aromatic N) is 5. The molecule has 2 aromatic heterocycles. The number of anilines is 1. The smallest absolute Gasteiger partial charge is 0.237 e. The Bertz CT molecular complexity index is 1180. The van der Waals surface area contributed by atoms with Crippen molar-refractivity contribution in [1.29, 1.82) is 5.26 Å². The van der Waals surface area contributed by atoms with Gasteiger partial charge >= 0.3 is 0 Å². The third-order valence-corrected chi connectivity index (χ3v) is 6.34. The van der Waals surface area contributed by atoms with Crippen molar-refractivity contribution in [2.24, 2.45) is 0 Å². The lowest BCUT2D eigenvalue weighted by atomic mass is 9.99. The van der Waals surface area contributed by atoms with E-state index >= 15 is 0 Å². The summed E-state index contributed by atoms with van der Waals surface area (Å²) in [6, 6.07) is 13.7.